The minimum absolute atomic E-state index is 0.557. The van der Waals surface area contributed by atoms with E-state index in [0.717, 1.165) is 13.1 Å². The molecule has 0 saturated heterocycles. The predicted octanol–water partition coefficient (Wildman–Crippen LogP) is 1.72. The summed E-state index contributed by atoms with van der Waals surface area (Å²) in [4.78, 5) is 4.10. The molecule has 0 aromatic carbocycles. The largest absolute Gasteiger partial charge is 0.305 e. The number of hydrogen-bond donors (Lipinski definition) is 1. The summed E-state index contributed by atoms with van der Waals surface area (Å²) in [6.45, 7) is 6.18. The first kappa shape index (κ1) is 11.7. The molecule has 0 amide bonds. The van der Waals surface area contributed by atoms with E-state index in [1.807, 2.05) is 11.3 Å². The molecule has 3 heteroatoms. The number of nitrogens with one attached hydrogen (secondary N) is 1. The van der Waals surface area contributed by atoms with Gasteiger partial charge in [0.15, 0.2) is 0 Å². The normalized spacial score (nSPS) is 17.8. The Bertz CT molecular complexity index is 378. The molecule has 1 aromatic rings. The highest BCUT2D eigenvalue weighted by Gasteiger charge is 2.20. The fourth-order valence-corrected chi connectivity index (χ4v) is 3.02. The van der Waals surface area contributed by atoms with Crippen LogP contribution in [0.2, 0.25) is 0 Å². The van der Waals surface area contributed by atoms with Gasteiger partial charge in [0.1, 0.15) is 0 Å². The van der Waals surface area contributed by atoms with Gasteiger partial charge in [0.2, 0.25) is 0 Å². The van der Waals surface area contributed by atoms with Gasteiger partial charge in [-0.25, -0.2) is 0 Å². The highest BCUT2D eigenvalue weighted by Crippen LogP contribution is 2.24. The summed E-state index contributed by atoms with van der Waals surface area (Å²) in [7, 11) is 0. The third-order valence-electron chi connectivity index (χ3n) is 3.13. The van der Waals surface area contributed by atoms with Gasteiger partial charge in [-0.2, -0.15) is 0 Å². The summed E-state index contributed by atoms with van der Waals surface area (Å²) in [5.74, 6) is 2.61. The molecule has 0 spiro atoms. The lowest BCUT2D eigenvalue weighted by molar-refractivity contribution is 0.189. The number of rotatable bonds is 4. The fraction of sp³-hybridized carbons (Fsp3) is 0.538. The van der Waals surface area contributed by atoms with Crippen molar-refractivity contribution < 1.29 is 0 Å². The van der Waals surface area contributed by atoms with Gasteiger partial charge >= 0.3 is 0 Å². The summed E-state index contributed by atoms with van der Waals surface area (Å²) in [6, 6.07) is 2.81. The van der Waals surface area contributed by atoms with E-state index in [2.05, 4.69) is 34.5 Å². The lowest BCUT2D eigenvalue weighted by atomic mass is 10.1. The number of fused-ring (bicyclic) bond motifs is 1. The lowest BCUT2D eigenvalue weighted by Crippen LogP contribution is -2.42. The molecule has 1 unspecified atom stereocenters. The highest BCUT2D eigenvalue weighted by atomic mass is 32.1. The number of hydrogen-bond acceptors (Lipinski definition) is 3. The Hall–Kier alpha value is -0.820. The first-order valence-corrected chi connectivity index (χ1v) is 6.62. The Morgan fingerprint density at radius 3 is 3.38 bits per heavy atom. The van der Waals surface area contributed by atoms with Crippen molar-refractivity contribution in [3.05, 3.63) is 21.9 Å². The van der Waals surface area contributed by atoms with Crippen LogP contribution in [0.15, 0.2) is 11.4 Å². The van der Waals surface area contributed by atoms with Crippen LogP contribution in [0.4, 0.5) is 0 Å². The quantitative estimate of drug-likeness (QED) is 0.630. The average molecular weight is 234 g/mol. The molecular weight excluding hydrogens is 216 g/mol. The van der Waals surface area contributed by atoms with Crippen LogP contribution in [0.25, 0.3) is 0 Å². The Kier molecular flexibility index (Phi) is 4.00. The molecule has 1 aliphatic rings. The standard InChI is InChI=1S/C13H18N2S/c1-3-6-14-9-11(2)15-7-4-13-12(10-15)5-8-16-13/h1,5,8,11,14H,4,6-7,9-10H2,2H3. The molecule has 1 aromatic heterocycles. The average Bonchev–Trinajstić information content (AvgIpc) is 2.76. The first-order valence-electron chi connectivity index (χ1n) is 5.74. The van der Waals surface area contributed by atoms with Crippen LogP contribution in [0.5, 0.6) is 0 Å². The van der Waals surface area contributed by atoms with Crippen molar-refractivity contribution >= 4 is 11.3 Å². The van der Waals surface area contributed by atoms with Gasteiger partial charge in [-0.1, -0.05) is 5.92 Å². The zero-order valence-electron chi connectivity index (χ0n) is 9.70. The van der Waals surface area contributed by atoms with Crippen LogP contribution in [-0.2, 0) is 13.0 Å². The van der Waals surface area contributed by atoms with Crippen molar-refractivity contribution in [1.29, 1.82) is 0 Å². The molecule has 1 atom stereocenters. The van der Waals surface area contributed by atoms with Gasteiger partial charge < -0.3 is 5.32 Å². The van der Waals surface area contributed by atoms with E-state index in [9.17, 15) is 0 Å². The summed E-state index contributed by atoms with van der Waals surface area (Å²) in [6.07, 6.45) is 6.42. The van der Waals surface area contributed by atoms with Crippen molar-refractivity contribution in [3.8, 4) is 12.3 Å². The Labute approximate surface area is 102 Å². The third kappa shape index (κ3) is 2.65. The molecule has 0 fully saturated rings. The number of thiophene rings is 1. The fourth-order valence-electron chi connectivity index (χ4n) is 2.13. The molecule has 16 heavy (non-hydrogen) atoms. The zero-order chi connectivity index (χ0) is 11.4. The highest BCUT2D eigenvalue weighted by molar-refractivity contribution is 7.10. The molecule has 0 radical (unpaired) electrons. The molecule has 0 saturated carbocycles. The smallest absolute Gasteiger partial charge is 0.0574 e. The van der Waals surface area contributed by atoms with E-state index < -0.39 is 0 Å². The zero-order valence-corrected chi connectivity index (χ0v) is 10.5. The molecule has 0 bridgehead atoms. The van der Waals surface area contributed by atoms with Crippen LogP contribution in [0, 0.1) is 12.3 Å². The lowest BCUT2D eigenvalue weighted by Gasteiger charge is -2.32. The number of terminal acetylenes is 1. The van der Waals surface area contributed by atoms with Crippen molar-refractivity contribution in [3.63, 3.8) is 0 Å². The molecule has 86 valence electrons. The van der Waals surface area contributed by atoms with Crippen LogP contribution in [-0.4, -0.2) is 30.6 Å². The van der Waals surface area contributed by atoms with Gasteiger partial charge in [-0.15, -0.1) is 17.8 Å². The molecule has 2 nitrogen and oxygen atoms in total. The van der Waals surface area contributed by atoms with E-state index in [1.54, 1.807) is 4.88 Å². The predicted molar refractivity (Wildman–Crippen MR) is 69.6 cm³/mol. The molecular formula is C13H18N2S. The second-order valence-electron chi connectivity index (χ2n) is 4.27. The third-order valence-corrected chi connectivity index (χ3v) is 4.15. The number of nitrogens with zero attached hydrogens (tertiary/aromatic N) is 1. The maximum atomic E-state index is 5.22. The molecule has 1 aliphatic heterocycles. The molecule has 1 N–H and O–H groups in total. The van der Waals surface area contributed by atoms with E-state index in [1.165, 1.54) is 18.5 Å². The minimum atomic E-state index is 0.557. The van der Waals surface area contributed by atoms with Crippen LogP contribution >= 0.6 is 11.3 Å². The van der Waals surface area contributed by atoms with E-state index >= 15 is 0 Å². The van der Waals surface area contributed by atoms with Gasteiger partial charge in [0, 0.05) is 30.6 Å². The van der Waals surface area contributed by atoms with Crippen molar-refractivity contribution in [2.45, 2.75) is 25.9 Å². The molecule has 2 heterocycles. The van der Waals surface area contributed by atoms with Gasteiger partial charge in [0.05, 0.1) is 6.54 Å². The second-order valence-corrected chi connectivity index (χ2v) is 5.27. The molecule has 2 rings (SSSR count). The Morgan fingerprint density at radius 1 is 1.69 bits per heavy atom. The topological polar surface area (TPSA) is 15.3 Å². The van der Waals surface area contributed by atoms with Crippen LogP contribution in [0.3, 0.4) is 0 Å². The van der Waals surface area contributed by atoms with E-state index in [4.69, 9.17) is 6.42 Å². The second kappa shape index (κ2) is 5.49. The monoisotopic (exact) mass is 234 g/mol. The summed E-state index contributed by atoms with van der Waals surface area (Å²) in [5, 5.41) is 5.48. The van der Waals surface area contributed by atoms with Crippen LogP contribution < -0.4 is 5.32 Å². The Balaban J connectivity index is 1.86. The summed E-state index contributed by atoms with van der Waals surface area (Å²) in [5.41, 5.74) is 1.51. The summed E-state index contributed by atoms with van der Waals surface area (Å²) >= 11 is 1.89. The Morgan fingerprint density at radius 2 is 2.56 bits per heavy atom. The van der Waals surface area contributed by atoms with Gasteiger partial charge in [-0.05, 0) is 30.4 Å². The van der Waals surface area contributed by atoms with Gasteiger partial charge in [-0.3, -0.25) is 4.90 Å². The molecule has 0 aliphatic carbocycles. The summed E-state index contributed by atoms with van der Waals surface area (Å²) < 4.78 is 0. The first-order chi connectivity index (χ1) is 7.81. The van der Waals surface area contributed by atoms with Crippen LogP contribution in [0.1, 0.15) is 17.4 Å². The van der Waals surface area contributed by atoms with Crippen molar-refractivity contribution in [2.24, 2.45) is 0 Å². The van der Waals surface area contributed by atoms with E-state index in [-0.39, 0.29) is 0 Å². The minimum Gasteiger partial charge on any atom is -0.305 e. The van der Waals surface area contributed by atoms with E-state index in [0.29, 0.717) is 12.6 Å². The maximum Gasteiger partial charge on any atom is 0.0574 e. The van der Waals surface area contributed by atoms with Crippen molar-refractivity contribution in [1.82, 2.24) is 10.2 Å². The SMILES string of the molecule is C#CCNCC(C)N1CCc2sccc2C1. The van der Waals surface area contributed by atoms with Crippen molar-refractivity contribution in [2.75, 3.05) is 19.6 Å². The maximum absolute atomic E-state index is 5.22. The van der Waals surface area contributed by atoms with Gasteiger partial charge in [0.25, 0.3) is 0 Å².